The van der Waals surface area contributed by atoms with Crippen LogP contribution < -0.4 is 10.1 Å². The number of hydrogen-bond donors (Lipinski definition) is 2. The Morgan fingerprint density at radius 2 is 1.95 bits per heavy atom. The van der Waals surface area contributed by atoms with Crippen LogP contribution in [0.25, 0.3) is 0 Å². The number of aromatic nitrogens is 1. The molecular weight excluding hydrogens is 272 g/mol. The number of carbonyl (C=O) groups excluding carboxylic acids is 1. The van der Waals surface area contributed by atoms with Crippen molar-refractivity contribution in [2.75, 3.05) is 12.4 Å². The fourth-order valence-corrected chi connectivity index (χ4v) is 1.79. The maximum absolute atomic E-state index is 12.1. The van der Waals surface area contributed by atoms with Gasteiger partial charge in [0.15, 0.2) is 0 Å². The summed E-state index contributed by atoms with van der Waals surface area (Å²) in [7, 11) is 1.53. The molecule has 0 spiro atoms. The van der Waals surface area contributed by atoms with Crippen molar-refractivity contribution in [3.8, 4) is 5.75 Å². The number of anilines is 1. The number of carbonyl (C=O) groups is 2. The zero-order valence-corrected chi connectivity index (χ0v) is 11.6. The lowest BCUT2D eigenvalue weighted by molar-refractivity contribution is 0.0696. The quantitative estimate of drug-likeness (QED) is 0.900. The van der Waals surface area contributed by atoms with Crippen LogP contribution in [0.3, 0.4) is 0 Å². The lowest BCUT2D eigenvalue weighted by Crippen LogP contribution is -2.13. The summed E-state index contributed by atoms with van der Waals surface area (Å²) in [6, 6.07) is 6.42. The normalized spacial score (nSPS) is 10.0. The van der Waals surface area contributed by atoms with Gasteiger partial charge in [0, 0.05) is 11.8 Å². The molecule has 1 aromatic heterocycles. The number of amides is 1. The molecule has 0 aliphatic rings. The minimum Gasteiger partial charge on any atom is -0.496 e. The number of rotatable bonds is 4. The molecule has 2 rings (SSSR count). The van der Waals surface area contributed by atoms with Crippen LogP contribution in [0.1, 0.15) is 26.3 Å². The highest BCUT2D eigenvalue weighted by molar-refractivity contribution is 6.05. The Labute approximate surface area is 121 Å². The zero-order chi connectivity index (χ0) is 15.4. The summed E-state index contributed by atoms with van der Waals surface area (Å²) in [5.74, 6) is -0.853. The second kappa shape index (κ2) is 6.04. The molecular formula is C15H14N2O4. The van der Waals surface area contributed by atoms with Gasteiger partial charge in [-0.2, -0.15) is 0 Å². The lowest BCUT2D eigenvalue weighted by Gasteiger charge is -2.08. The highest BCUT2D eigenvalue weighted by Crippen LogP contribution is 2.20. The number of carboxylic acids is 1. The van der Waals surface area contributed by atoms with Gasteiger partial charge in [-0.15, -0.1) is 0 Å². The number of methoxy groups -OCH3 is 1. The standard InChI is InChI=1S/C15H14N2O4/c1-9-3-4-10(6-13(9)21-2)14(18)17-12-5-11(15(19)20)7-16-8-12/h3-8H,1-2H3,(H,17,18)(H,19,20). The number of pyridine rings is 1. The van der Waals surface area contributed by atoms with Crippen LogP contribution in [0.15, 0.2) is 36.7 Å². The van der Waals surface area contributed by atoms with E-state index in [4.69, 9.17) is 9.84 Å². The SMILES string of the molecule is COc1cc(C(=O)Nc2cncc(C(=O)O)c2)ccc1C. The smallest absolute Gasteiger partial charge is 0.337 e. The Morgan fingerprint density at radius 3 is 2.62 bits per heavy atom. The molecule has 1 amide bonds. The van der Waals surface area contributed by atoms with Crippen molar-refractivity contribution in [1.29, 1.82) is 0 Å². The third-order valence-electron chi connectivity index (χ3n) is 2.91. The molecule has 0 bridgehead atoms. The topological polar surface area (TPSA) is 88.5 Å². The highest BCUT2D eigenvalue weighted by atomic mass is 16.5. The fraction of sp³-hybridized carbons (Fsp3) is 0.133. The van der Waals surface area contributed by atoms with Crippen molar-refractivity contribution in [1.82, 2.24) is 4.98 Å². The van der Waals surface area contributed by atoms with E-state index in [1.807, 2.05) is 6.92 Å². The first-order chi connectivity index (χ1) is 10.0. The lowest BCUT2D eigenvalue weighted by atomic mass is 10.1. The number of carboxylic acid groups (broad SMARTS) is 1. The van der Waals surface area contributed by atoms with Crippen molar-refractivity contribution in [2.45, 2.75) is 6.92 Å². The minimum absolute atomic E-state index is 0.00860. The molecule has 2 N–H and O–H groups in total. The molecule has 0 fully saturated rings. The van der Waals surface area contributed by atoms with Gasteiger partial charge in [0.1, 0.15) is 5.75 Å². The Morgan fingerprint density at radius 1 is 1.19 bits per heavy atom. The molecule has 2 aromatic rings. The van der Waals surface area contributed by atoms with Crippen molar-refractivity contribution in [3.63, 3.8) is 0 Å². The van der Waals surface area contributed by atoms with Crippen LogP contribution in [0.4, 0.5) is 5.69 Å². The van der Waals surface area contributed by atoms with Gasteiger partial charge in [-0.05, 0) is 30.7 Å². The Kier molecular flexibility index (Phi) is 4.18. The van der Waals surface area contributed by atoms with Crippen LogP contribution in [0, 0.1) is 6.92 Å². The van der Waals surface area contributed by atoms with Crippen LogP contribution >= 0.6 is 0 Å². The molecule has 0 atom stereocenters. The third kappa shape index (κ3) is 3.36. The Bertz CT molecular complexity index is 698. The summed E-state index contributed by atoms with van der Waals surface area (Å²) in [5, 5.41) is 11.5. The zero-order valence-electron chi connectivity index (χ0n) is 11.6. The van der Waals surface area contributed by atoms with E-state index in [0.717, 1.165) is 5.56 Å². The maximum atomic E-state index is 12.1. The van der Waals surface area contributed by atoms with E-state index in [-0.39, 0.29) is 11.5 Å². The molecule has 0 saturated heterocycles. The largest absolute Gasteiger partial charge is 0.496 e. The second-order valence-electron chi connectivity index (χ2n) is 4.41. The molecule has 0 radical (unpaired) electrons. The monoisotopic (exact) mass is 286 g/mol. The van der Waals surface area contributed by atoms with E-state index in [0.29, 0.717) is 17.0 Å². The van der Waals surface area contributed by atoms with Gasteiger partial charge in [-0.3, -0.25) is 9.78 Å². The molecule has 0 aliphatic carbocycles. The summed E-state index contributed by atoms with van der Waals surface area (Å²) < 4.78 is 5.17. The first-order valence-corrected chi connectivity index (χ1v) is 6.15. The molecule has 0 unspecified atom stereocenters. The van der Waals surface area contributed by atoms with Gasteiger partial charge in [0.2, 0.25) is 0 Å². The molecule has 6 nitrogen and oxygen atoms in total. The van der Waals surface area contributed by atoms with Crippen LogP contribution in [-0.4, -0.2) is 29.1 Å². The highest BCUT2D eigenvalue weighted by Gasteiger charge is 2.10. The number of nitrogens with one attached hydrogen (secondary N) is 1. The van der Waals surface area contributed by atoms with Crippen molar-refractivity contribution < 1.29 is 19.4 Å². The molecule has 1 aromatic carbocycles. The van der Waals surface area contributed by atoms with Gasteiger partial charge >= 0.3 is 5.97 Å². The van der Waals surface area contributed by atoms with E-state index >= 15 is 0 Å². The number of benzene rings is 1. The van der Waals surface area contributed by atoms with E-state index in [2.05, 4.69) is 10.3 Å². The first kappa shape index (κ1) is 14.5. The van der Waals surface area contributed by atoms with Crippen molar-refractivity contribution in [3.05, 3.63) is 53.3 Å². The van der Waals surface area contributed by atoms with Crippen molar-refractivity contribution >= 4 is 17.6 Å². The van der Waals surface area contributed by atoms with Crippen LogP contribution in [-0.2, 0) is 0 Å². The fourth-order valence-electron chi connectivity index (χ4n) is 1.79. The van der Waals surface area contributed by atoms with E-state index < -0.39 is 5.97 Å². The molecule has 0 aliphatic heterocycles. The Balaban J connectivity index is 2.22. The summed E-state index contributed by atoms with van der Waals surface area (Å²) in [6.07, 6.45) is 2.60. The number of hydrogen-bond acceptors (Lipinski definition) is 4. The molecule has 6 heteroatoms. The molecule has 1 heterocycles. The number of aryl methyl sites for hydroxylation is 1. The van der Waals surface area contributed by atoms with E-state index in [1.165, 1.54) is 25.6 Å². The van der Waals surface area contributed by atoms with Crippen LogP contribution in [0.5, 0.6) is 5.75 Å². The average molecular weight is 286 g/mol. The molecule has 108 valence electrons. The first-order valence-electron chi connectivity index (χ1n) is 6.15. The summed E-state index contributed by atoms with van der Waals surface area (Å²) >= 11 is 0. The van der Waals surface area contributed by atoms with E-state index in [9.17, 15) is 9.59 Å². The van der Waals surface area contributed by atoms with Crippen molar-refractivity contribution in [2.24, 2.45) is 0 Å². The number of aromatic carboxylic acids is 1. The predicted molar refractivity (Wildman–Crippen MR) is 76.9 cm³/mol. The van der Waals surface area contributed by atoms with E-state index in [1.54, 1.807) is 18.2 Å². The summed E-state index contributed by atoms with van der Waals surface area (Å²) in [5.41, 5.74) is 1.66. The maximum Gasteiger partial charge on any atom is 0.337 e. The molecule has 0 saturated carbocycles. The minimum atomic E-state index is -1.10. The molecule has 21 heavy (non-hydrogen) atoms. The van der Waals surface area contributed by atoms with Gasteiger partial charge in [-0.1, -0.05) is 6.07 Å². The average Bonchev–Trinajstić information content (AvgIpc) is 2.47. The summed E-state index contributed by atoms with van der Waals surface area (Å²) in [4.78, 5) is 26.8. The predicted octanol–water partition coefficient (Wildman–Crippen LogP) is 2.35. The van der Waals surface area contributed by atoms with Gasteiger partial charge in [0.25, 0.3) is 5.91 Å². The Hall–Kier alpha value is -2.89. The van der Waals surface area contributed by atoms with Gasteiger partial charge in [-0.25, -0.2) is 4.79 Å². The second-order valence-corrected chi connectivity index (χ2v) is 4.41. The summed E-state index contributed by atoms with van der Waals surface area (Å²) in [6.45, 7) is 1.88. The number of ether oxygens (including phenoxy) is 1. The van der Waals surface area contributed by atoms with Gasteiger partial charge < -0.3 is 15.2 Å². The van der Waals surface area contributed by atoms with Crippen LogP contribution in [0.2, 0.25) is 0 Å². The number of nitrogens with zero attached hydrogens (tertiary/aromatic N) is 1. The third-order valence-corrected chi connectivity index (χ3v) is 2.91. The van der Waals surface area contributed by atoms with Gasteiger partial charge in [0.05, 0.1) is 24.6 Å².